The number of halogens is 1. The van der Waals surface area contributed by atoms with Crippen molar-refractivity contribution in [3.05, 3.63) is 48.3 Å². The van der Waals surface area contributed by atoms with Gasteiger partial charge in [-0.1, -0.05) is 6.07 Å². The Hall–Kier alpha value is -2.21. The van der Waals surface area contributed by atoms with Crippen LogP contribution in [0.1, 0.15) is 37.4 Å². The van der Waals surface area contributed by atoms with Crippen LogP contribution in [0.5, 0.6) is 0 Å². The van der Waals surface area contributed by atoms with Crippen molar-refractivity contribution >= 4 is 11.6 Å². The quantitative estimate of drug-likeness (QED) is 0.929. The molecule has 0 spiro atoms. The van der Waals surface area contributed by atoms with Crippen LogP contribution >= 0.6 is 0 Å². The predicted octanol–water partition coefficient (Wildman–Crippen LogP) is 2.68. The summed E-state index contributed by atoms with van der Waals surface area (Å²) in [6.07, 6.45) is 7.86. The molecule has 2 aliphatic rings. The Morgan fingerprint density at radius 1 is 1.24 bits per heavy atom. The number of hydrogen-bond donors (Lipinski definition) is 1. The third kappa shape index (κ3) is 3.31. The predicted molar refractivity (Wildman–Crippen MR) is 94.0 cm³/mol. The molecule has 2 atom stereocenters. The molecule has 2 aromatic rings. The number of aryl methyl sites for hydroxylation is 1. The van der Waals surface area contributed by atoms with Crippen molar-refractivity contribution in [3.8, 4) is 0 Å². The molecule has 1 aromatic heterocycles. The molecule has 1 fully saturated rings. The summed E-state index contributed by atoms with van der Waals surface area (Å²) in [4.78, 5) is 19.0. The molecule has 132 valence electrons. The van der Waals surface area contributed by atoms with Crippen molar-refractivity contribution in [2.24, 2.45) is 0 Å². The molecule has 2 aliphatic heterocycles. The molecule has 0 aliphatic carbocycles. The summed E-state index contributed by atoms with van der Waals surface area (Å²) in [6.45, 7) is 2.43. The van der Waals surface area contributed by atoms with Gasteiger partial charge in [0.05, 0.1) is 6.04 Å². The maximum Gasteiger partial charge on any atom is 0.244 e. The number of piperidine rings is 1. The lowest BCUT2D eigenvalue weighted by Crippen LogP contribution is -2.51. The highest BCUT2D eigenvalue weighted by Gasteiger charge is 2.31. The molecule has 1 aromatic carbocycles. The summed E-state index contributed by atoms with van der Waals surface area (Å²) >= 11 is 0. The van der Waals surface area contributed by atoms with E-state index in [4.69, 9.17) is 0 Å². The SMILES string of the molecule is O=C1[C@H](NC[C@H]2CCCn3ccnc32)CCCN1c1cccc(F)c1. The second kappa shape index (κ2) is 6.96. The first kappa shape index (κ1) is 16.3. The first-order valence-electron chi connectivity index (χ1n) is 9.04. The molecule has 1 amide bonds. The van der Waals surface area contributed by atoms with Gasteiger partial charge in [0.15, 0.2) is 0 Å². The normalized spacial score (nSPS) is 23.6. The van der Waals surface area contributed by atoms with Gasteiger partial charge < -0.3 is 14.8 Å². The minimum Gasteiger partial charge on any atom is -0.335 e. The third-order valence-corrected chi connectivity index (χ3v) is 5.23. The highest BCUT2D eigenvalue weighted by molar-refractivity contribution is 5.97. The molecule has 1 saturated heterocycles. The highest BCUT2D eigenvalue weighted by atomic mass is 19.1. The standard InChI is InChI=1S/C19H23FN4O/c20-15-5-1-6-16(12-15)24-10-3-7-17(19(24)25)22-13-14-4-2-9-23-11-8-21-18(14)23/h1,5-6,8,11-12,14,17,22H,2-4,7,9-10,13H2/t14-,17-/m1/s1. The topological polar surface area (TPSA) is 50.2 Å². The van der Waals surface area contributed by atoms with Gasteiger partial charge in [-0.25, -0.2) is 9.37 Å². The Morgan fingerprint density at radius 3 is 3.00 bits per heavy atom. The average molecular weight is 342 g/mol. The lowest BCUT2D eigenvalue weighted by Gasteiger charge is -2.34. The van der Waals surface area contributed by atoms with Crippen LogP contribution in [0.4, 0.5) is 10.1 Å². The second-order valence-corrected chi connectivity index (χ2v) is 6.89. The van der Waals surface area contributed by atoms with Crippen molar-refractivity contribution < 1.29 is 9.18 Å². The zero-order chi connectivity index (χ0) is 17.2. The van der Waals surface area contributed by atoms with Crippen LogP contribution in [0.25, 0.3) is 0 Å². The van der Waals surface area contributed by atoms with Crippen LogP contribution in [0.15, 0.2) is 36.7 Å². The number of aromatic nitrogens is 2. The molecule has 3 heterocycles. The summed E-state index contributed by atoms with van der Waals surface area (Å²) in [7, 11) is 0. The lowest BCUT2D eigenvalue weighted by molar-refractivity contribution is -0.121. The molecule has 25 heavy (non-hydrogen) atoms. The Bertz CT molecular complexity index is 759. The summed E-state index contributed by atoms with van der Waals surface area (Å²) < 4.78 is 15.7. The van der Waals surface area contributed by atoms with Crippen LogP contribution in [-0.4, -0.2) is 34.6 Å². The molecule has 5 nitrogen and oxygen atoms in total. The molecule has 6 heteroatoms. The number of nitrogens with zero attached hydrogens (tertiary/aromatic N) is 3. The number of anilines is 1. The van der Waals surface area contributed by atoms with Crippen LogP contribution in [0, 0.1) is 5.82 Å². The molecule has 0 unspecified atom stereocenters. The maximum atomic E-state index is 13.5. The van der Waals surface area contributed by atoms with Gasteiger partial charge in [0.1, 0.15) is 11.6 Å². The Morgan fingerprint density at radius 2 is 2.12 bits per heavy atom. The van der Waals surface area contributed by atoms with Gasteiger partial charge in [-0.3, -0.25) is 4.79 Å². The lowest BCUT2D eigenvalue weighted by atomic mass is 9.97. The smallest absolute Gasteiger partial charge is 0.244 e. The number of carbonyl (C=O) groups excluding carboxylic acids is 1. The van der Waals surface area contributed by atoms with Gasteiger partial charge in [0, 0.05) is 43.6 Å². The maximum absolute atomic E-state index is 13.5. The fourth-order valence-electron chi connectivity index (χ4n) is 3.95. The molecule has 0 saturated carbocycles. The van der Waals surface area contributed by atoms with Crippen molar-refractivity contribution in [2.75, 3.05) is 18.0 Å². The molecular formula is C19H23FN4O. The van der Waals surface area contributed by atoms with Crippen LogP contribution < -0.4 is 10.2 Å². The fourth-order valence-corrected chi connectivity index (χ4v) is 3.95. The van der Waals surface area contributed by atoms with E-state index in [1.54, 1.807) is 17.0 Å². The largest absolute Gasteiger partial charge is 0.335 e. The monoisotopic (exact) mass is 342 g/mol. The minimum atomic E-state index is -0.311. The van der Waals surface area contributed by atoms with Gasteiger partial charge in [-0.05, 0) is 43.9 Å². The van der Waals surface area contributed by atoms with Crippen molar-refractivity contribution in [2.45, 2.75) is 44.2 Å². The fraction of sp³-hybridized carbons (Fsp3) is 0.474. The second-order valence-electron chi connectivity index (χ2n) is 6.89. The number of amides is 1. The molecule has 1 N–H and O–H groups in total. The molecular weight excluding hydrogens is 319 g/mol. The van der Waals surface area contributed by atoms with Crippen molar-refractivity contribution in [1.29, 1.82) is 0 Å². The summed E-state index contributed by atoms with van der Waals surface area (Å²) in [6, 6.07) is 6.07. The number of imidazole rings is 1. The summed E-state index contributed by atoms with van der Waals surface area (Å²) in [5.74, 6) is 1.19. The van der Waals surface area contributed by atoms with E-state index in [1.807, 2.05) is 12.4 Å². The van der Waals surface area contributed by atoms with Gasteiger partial charge in [0.2, 0.25) is 5.91 Å². The van der Waals surface area contributed by atoms with E-state index in [9.17, 15) is 9.18 Å². The number of nitrogens with one attached hydrogen (secondary N) is 1. The zero-order valence-corrected chi connectivity index (χ0v) is 14.2. The first-order chi connectivity index (χ1) is 12.2. The Balaban J connectivity index is 1.42. The van der Waals surface area contributed by atoms with E-state index in [1.165, 1.54) is 12.1 Å². The van der Waals surface area contributed by atoms with Gasteiger partial charge in [-0.2, -0.15) is 0 Å². The van der Waals surface area contributed by atoms with Crippen molar-refractivity contribution in [1.82, 2.24) is 14.9 Å². The Labute approximate surface area is 146 Å². The summed E-state index contributed by atoms with van der Waals surface area (Å²) in [5.41, 5.74) is 0.643. The number of hydrogen-bond acceptors (Lipinski definition) is 3. The summed E-state index contributed by atoms with van der Waals surface area (Å²) in [5, 5.41) is 3.45. The average Bonchev–Trinajstić information content (AvgIpc) is 3.10. The zero-order valence-electron chi connectivity index (χ0n) is 14.2. The van der Waals surface area contributed by atoms with E-state index < -0.39 is 0 Å². The van der Waals surface area contributed by atoms with E-state index >= 15 is 0 Å². The first-order valence-corrected chi connectivity index (χ1v) is 9.04. The van der Waals surface area contributed by atoms with Gasteiger partial charge >= 0.3 is 0 Å². The molecule has 0 radical (unpaired) electrons. The van der Waals surface area contributed by atoms with Crippen LogP contribution in [-0.2, 0) is 11.3 Å². The molecule has 4 rings (SSSR count). The van der Waals surface area contributed by atoms with E-state index in [0.717, 1.165) is 44.6 Å². The number of benzene rings is 1. The van der Waals surface area contributed by atoms with Gasteiger partial charge in [-0.15, -0.1) is 0 Å². The van der Waals surface area contributed by atoms with E-state index in [-0.39, 0.29) is 17.8 Å². The van der Waals surface area contributed by atoms with Crippen molar-refractivity contribution in [3.63, 3.8) is 0 Å². The number of fused-ring (bicyclic) bond motifs is 1. The van der Waals surface area contributed by atoms with E-state index in [0.29, 0.717) is 18.2 Å². The number of carbonyl (C=O) groups is 1. The van der Waals surface area contributed by atoms with Gasteiger partial charge in [0.25, 0.3) is 0 Å². The number of rotatable bonds is 4. The van der Waals surface area contributed by atoms with E-state index in [2.05, 4.69) is 14.9 Å². The van der Waals surface area contributed by atoms with Crippen LogP contribution in [0.3, 0.4) is 0 Å². The third-order valence-electron chi connectivity index (χ3n) is 5.23. The Kier molecular flexibility index (Phi) is 4.53. The molecule has 0 bridgehead atoms. The minimum absolute atomic E-state index is 0.0380. The van der Waals surface area contributed by atoms with Crippen LogP contribution in [0.2, 0.25) is 0 Å². The highest BCUT2D eigenvalue weighted by Crippen LogP contribution is 2.26.